The predicted octanol–water partition coefficient (Wildman–Crippen LogP) is 2.09. The van der Waals surface area contributed by atoms with Gasteiger partial charge in [0.2, 0.25) is 0 Å². The van der Waals surface area contributed by atoms with Crippen LogP contribution in [0.1, 0.15) is 12.8 Å². The minimum Gasteiger partial charge on any atom is -0.371 e. The first-order valence-electron chi connectivity index (χ1n) is 8.05. The third-order valence-corrected chi connectivity index (χ3v) is 4.60. The lowest BCUT2D eigenvalue weighted by atomic mass is 10.0. The van der Waals surface area contributed by atoms with Crippen LogP contribution >= 0.6 is 0 Å². The van der Waals surface area contributed by atoms with Crippen molar-refractivity contribution in [2.45, 2.75) is 25.6 Å². The molecule has 2 aromatic rings. The molecule has 0 saturated carbocycles. The molecular formula is C17H27N5. The van der Waals surface area contributed by atoms with Crippen LogP contribution in [0.15, 0.2) is 24.5 Å². The summed E-state index contributed by atoms with van der Waals surface area (Å²) in [5.74, 6) is 0. The van der Waals surface area contributed by atoms with Crippen LogP contribution in [0.3, 0.4) is 0 Å². The standard InChI is InChI=1S/C17H27N5/c1-19(2)13-22-12-18-16-6-5-15(11-17(16)22)21-9-7-14(8-10-21)20(3)4/h5-6,11-12,14H,7-10,13H2,1-4H3. The van der Waals surface area contributed by atoms with Gasteiger partial charge in [-0.05, 0) is 59.2 Å². The Morgan fingerprint density at radius 2 is 1.86 bits per heavy atom. The lowest BCUT2D eigenvalue weighted by Gasteiger charge is -2.36. The molecule has 0 N–H and O–H groups in total. The quantitative estimate of drug-likeness (QED) is 0.864. The molecule has 1 aliphatic heterocycles. The summed E-state index contributed by atoms with van der Waals surface area (Å²) >= 11 is 0. The van der Waals surface area contributed by atoms with Gasteiger partial charge in [-0.1, -0.05) is 0 Å². The Hall–Kier alpha value is -1.59. The van der Waals surface area contributed by atoms with E-state index in [1.165, 1.54) is 24.0 Å². The summed E-state index contributed by atoms with van der Waals surface area (Å²) in [6, 6.07) is 7.38. The summed E-state index contributed by atoms with van der Waals surface area (Å²) in [4.78, 5) is 11.5. The molecule has 1 aromatic carbocycles. The second-order valence-electron chi connectivity index (χ2n) is 6.79. The molecule has 120 valence electrons. The maximum Gasteiger partial charge on any atom is 0.0969 e. The highest BCUT2D eigenvalue weighted by molar-refractivity contribution is 5.80. The van der Waals surface area contributed by atoms with Crippen LogP contribution in [-0.4, -0.2) is 66.7 Å². The summed E-state index contributed by atoms with van der Waals surface area (Å²) in [5.41, 5.74) is 3.62. The van der Waals surface area contributed by atoms with Crippen molar-refractivity contribution in [3.05, 3.63) is 24.5 Å². The highest BCUT2D eigenvalue weighted by Gasteiger charge is 2.21. The summed E-state index contributed by atoms with van der Waals surface area (Å²) in [6.07, 6.45) is 4.41. The number of hydrogen-bond acceptors (Lipinski definition) is 4. The number of anilines is 1. The molecule has 0 radical (unpaired) electrons. The molecule has 1 fully saturated rings. The van der Waals surface area contributed by atoms with Gasteiger partial charge in [0.1, 0.15) is 0 Å². The number of imidazole rings is 1. The van der Waals surface area contributed by atoms with E-state index in [2.05, 4.69) is 70.6 Å². The molecule has 1 aliphatic rings. The zero-order chi connectivity index (χ0) is 15.7. The van der Waals surface area contributed by atoms with Crippen LogP contribution in [0.25, 0.3) is 11.0 Å². The van der Waals surface area contributed by atoms with Crippen LogP contribution in [0.2, 0.25) is 0 Å². The van der Waals surface area contributed by atoms with Gasteiger partial charge in [-0.25, -0.2) is 4.98 Å². The van der Waals surface area contributed by atoms with Crippen LogP contribution in [0.4, 0.5) is 5.69 Å². The maximum atomic E-state index is 4.50. The van der Waals surface area contributed by atoms with Gasteiger partial charge in [-0.2, -0.15) is 0 Å². The van der Waals surface area contributed by atoms with Crippen molar-refractivity contribution in [1.82, 2.24) is 19.4 Å². The average molecular weight is 301 g/mol. The van der Waals surface area contributed by atoms with Crippen LogP contribution < -0.4 is 4.90 Å². The van der Waals surface area contributed by atoms with Gasteiger partial charge in [0.25, 0.3) is 0 Å². The predicted molar refractivity (Wildman–Crippen MR) is 92.3 cm³/mol. The largest absolute Gasteiger partial charge is 0.371 e. The fourth-order valence-electron chi connectivity index (χ4n) is 3.30. The van der Waals surface area contributed by atoms with Crippen molar-refractivity contribution >= 4 is 16.7 Å². The van der Waals surface area contributed by atoms with Crippen LogP contribution in [-0.2, 0) is 6.67 Å². The Morgan fingerprint density at radius 3 is 2.50 bits per heavy atom. The Kier molecular flexibility index (Phi) is 4.36. The molecule has 0 spiro atoms. The van der Waals surface area contributed by atoms with E-state index in [9.17, 15) is 0 Å². The van der Waals surface area contributed by atoms with Crippen molar-refractivity contribution in [2.75, 3.05) is 46.2 Å². The van der Waals surface area contributed by atoms with E-state index in [1.54, 1.807) is 0 Å². The number of benzene rings is 1. The summed E-state index contributed by atoms with van der Waals surface area (Å²) < 4.78 is 2.21. The van der Waals surface area contributed by atoms with Gasteiger partial charge in [0.15, 0.2) is 0 Å². The number of fused-ring (bicyclic) bond motifs is 1. The van der Waals surface area contributed by atoms with Gasteiger partial charge < -0.3 is 14.4 Å². The van der Waals surface area contributed by atoms with Crippen LogP contribution in [0.5, 0.6) is 0 Å². The number of hydrogen-bond donors (Lipinski definition) is 0. The molecular weight excluding hydrogens is 274 g/mol. The lowest BCUT2D eigenvalue weighted by molar-refractivity contribution is 0.249. The van der Waals surface area contributed by atoms with Gasteiger partial charge in [0, 0.05) is 24.8 Å². The fraction of sp³-hybridized carbons (Fsp3) is 0.588. The van der Waals surface area contributed by atoms with E-state index in [-0.39, 0.29) is 0 Å². The fourth-order valence-corrected chi connectivity index (χ4v) is 3.30. The number of piperidine rings is 1. The highest BCUT2D eigenvalue weighted by Crippen LogP contribution is 2.25. The Morgan fingerprint density at radius 1 is 1.14 bits per heavy atom. The molecule has 5 heteroatoms. The molecule has 5 nitrogen and oxygen atoms in total. The topological polar surface area (TPSA) is 27.5 Å². The zero-order valence-corrected chi connectivity index (χ0v) is 14.2. The molecule has 0 bridgehead atoms. The third kappa shape index (κ3) is 3.10. The Labute approximate surface area is 133 Å². The van der Waals surface area contributed by atoms with Crippen molar-refractivity contribution < 1.29 is 0 Å². The molecule has 0 atom stereocenters. The van der Waals surface area contributed by atoms with E-state index >= 15 is 0 Å². The number of aromatic nitrogens is 2. The van der Waals surface area contributed by atoms with Crippen molar-refractivity contribution in [3.8, 4) is 0 Å². The zero-order valence-electron chi connectivity index (χ0n) is 14.2. The van der Waals surface area contributed by atoms with Gasteiger partial charge in [-0.3, -0.25) is 4.90 Å². The first kappa shape index (κ1) is 15.3. The van der Waals surface area contributed by atoms with Gasteiger partial charge in [-0.15, -0.1) is 0 Å². The summed E-state index contributed by atoms with van der Waals surface area (Å²) in [5, 5.41) is 0. The normalized spacial score (nSPS) is 17.1. The molecule has 0 amide bonds. The monoisotopic (exact) mass is 301 g/mol. The van der Waals surface area contributed by atoms with E-state index in [0.717, 1.165) is 31.3 Å². The van der Waals surface area contributed by atoms with Gasteiger partial charge >= 0.3 is 0 Å². The average Bonchev–Trinajstić information content (AvgIpc) is 2.89. The van der Waals surface area contributed by atoms with E-state index in [1.807, 2.05) is 6.33 Å². The SMILES string of the molecule is CN(C)Cn1cnc2ccc(N3CCC(N(C)C)CC3)cc21. The Balaban J connectivity index is 1.80. The lowest BCUT2D eigenvalue weighted by Crippen LogP contribution is -2.41. The Bertz CT molecular complexity index is 623. The first-order chi connectivity index (χ1) is 10.5. The second kappa shape index (κ2) is 6.26. The minimum atomic E-state index is 0.722. The molecule has 1 aromatic heterocycles. The molecule has 0 aliphatic carbocycles. The summed E-state index contributed by atoms with van der Waals surface area (Å²) in [7, 11) is 8.54. The van der Waals surface area contributed by atoms with Crippen molar-refractivity contribution in [1.29, 1.82) is 0 Å². The van der Waals surface area contributed by atoms with Crippen molar-refractivity contribution in [2.24, 2.45) is 0 Å². The van der Waals surface area contributed by atoms with E-state index in [4.69, 9.17) is 0 Å². The molecule has 22 heavy (non-hydrogen) atoms. The van der Waals surface area contributed by atoms with Crippen molar-refractivity contribution in [3.63, 3.8) is 0 Å². The molecule has 0 unspecified atom stereocenters. The third-order valence-electron chi connectivity index (χ3n) is 4.60. The smallest absolute Gasteiger partial charge is 0.0969 e. The first-order valence-corrected chi connectivity index (χ1v) is 8.05. The number of nitrogens with zero attached hydrogens (tertiary/aromatic N) is 5. The molecule has 1 saturated heterocycles. The van der Waals surface area contributed by atoms with Gasteiger partial charge in [0.05, 0.1) is 24.0 Å². The number of rotatable bonds is 4. The summed E-state index contributed by atoms with van der Waals surface area (Å²) in [6.45, 7) is 3.13. The highest BCUT2D eigenvalue weighted by atomic mass is 15.2. The molecule has 2 heterocycles. The van der Waals surface area contributed by atoms with E-state index < -0.39 is 0 Å². The maximum absolute atomic E-state index is 4.50. The molecule has 3 rings (SSSR count). The van der Waals surface area contributed by atoms with Crippen LogP contribution in [0, 0.1) is 0 Å². The minimum absolute atomic E-state index is 0.722. The van der Waals surface area contributed by atoms with E-state index in [0.29, 0.717) is 0 Å². The second-order valence-corrected chi connectivity index (χ2v) is 6.79.